The van der Waals surface area contributed by atoms with E-state index in [2.05, 4.69) is 58.3 Å². The number of benzene rings is 1. The number of anilines is 1. The summed E-state index contributed by atoms with van der Waals surface area (Å²) in [6, 6.07) is 9.11. The number of nitrogens with zero attached hydrogens (tertiary/aromatic N) is 3. The van der Waals surface area contributed by atoms with Gasteiger partial charge in [-0.25, -0.2) is 0 Å². The van der Waals surface area contributed by atoms with Crippen LogP contribution in [-0.4, -0.2) is 85.4 Å². The van der Waals surface area contributed by atoms with Gasteiger partial charge in [0.15, 0.2) is 5.11 Å². The fourth-order valence-electron chi connectivity index (χ4n) is 3.96. The predicted octanol–water partition coefficient (Wildman–Crippen LogP) is 2.67. The lowest BCUT2D eigenvalue weighted by Gasteiger charge is -2.39. The highest BCUT2D eigenvalue weighted by molar-refractivity contribution is 7.80. The zero-order valence-corrected chi connectivity index (χ0v) is 17.6. The van der Waals surface area contributed by atoms with Gasteiger partial charge in [-0.3, -0.25) is 4.90 Å². The van der Waals surface area contributed by atoms with Crippen LogP contribution in [0, 0.1) is 0 Å². The van der Waals surface area contributed by atoms with Gasteiger partial charge in [-0.15, -0.1) is 0 Å². The van der Waals surface area contributed by atoms with Gasteiger partial charge in [0.05, 0.1) is 13.2 Å². The van der Waals surface area contributed by atoms with Gasteiger partial charge in [0.2, 0.25) is 0 Å². The van der Waals surface area contributed by atoms with Crippen molar-refractivity contribution in [3.63, 3.8) is 0 Å². The minimum Gasteiger partial charge on any atom is -0.379 e. The third-order valence-corrected chi connectivity index (χ3v) is 6.25. The van der Waals surface area contributed by atoms with E-state index in [0.717, 1.165) is 69.7 Å². The molecule has 2 heterocycles. The smallest absolute Gasteiger partial charge is 0.173 e. The number of para-hydroxylation sites is 1. The third-order valence-electron chi connectivity index (χ3n) is 5.89. The molecule has 1 N–H and O–H groups in total. The van der Waals surface area contributed by atoms with Crippen LogP contribution >= 0.6 is 12.2 Å². The SMILES string of the molecule is CCc1ccccc1NC(=S)N1CCC(N(C)CCN2CCOCC2)CC1. The second-order valence-corrected chi connectivity index (χ2v) is 7.98. The van der Waals surface area contributed by atoms with Crippen LogP contribution in [0.5, 0.6) is 0 Å². The third kappa shape index (κ3) is 5.88. The topological polar surface area (TPSA) is 31.0 Å². The molecule has 1 aromatic rings. The number of hydrogen-bond acceptors (Lipinski definition) is 4. The van der Waals surface area contributed by atoms with Crippen molar-refractivity contribution in [2.45, 2.75) is 32.2 Å². The number of morpholine rings is 1. The number of thiocarbonyl (C=S) groups is 1. The van der Waals surface area contributed by atoms with Gasteiger partial charge in [0.25, 0.3) is 0 Å². The molecule has 1 aromatic carbocycles. The molecule has 150 valence electrons. The van der Waals surface area contributed by atoms with E-state index in [1.807, 2.05) is 0 Å². The van der Waals surface area contributed by atoms with E-state index in [-0.39, 0.29) is 0 Å². The molecular weight excluding hydrogens is 356 g/mol. The van der Waals surface area contributed by atoms with Gasteiger partial charge in [-0.2, -0.15) is 0 Å². The normalized spacial score (nSPS) is 19.4. The number of likely N-dealkylation sites (tertiary alicyclic amines) is 1. The fraction of sp³-hybridized carbons (Fsp3) is 0.667. The molecule has 0 radical (unpaired) electrons. The fourth-order valence-corrected chi connectivity index (χ4v) is 4.25. The molecule has 2 aliphatic rings. The first kappa shape index (κ1) is 20.5. The summed E-state index contributed by atoms with van der Waals surface area (Å²) < 4.78 is 5.44. The maximum atomic E-state index is 5.69. The summed E-state index contributed by atoms with van der Waals surface area (Å²) in [7, 11) is 2.27. The Labute approximate surface area is 169 Å². The van der Waals surface area contributed by atoms with Crippen LogP contribution in [0.4, 0.5) is 5.69 Å². The molecular formula is C21H34N4OS. The number of nitrogens with one attached hydrogen (secondary N) is 1. The van der Waals surface area contributed by atoms with E-state index in [0.29, 0.717) is 6.04 Å². The van der Waals surface area contributed by atoms with Gasteiger partial charge < -0.3 is 19.9 Å². The van der Waals surface area contributed by atoms with Gasteiger partial charge in [-0.1, -0.05) is 25.1 Å². The summed E-state index contributed by atoms with van der Waals surface area (Å²) in [5.41, 5.74) is 2.47. The molecule has 0 aromatic heterocycles. The maximum absolute atomic E-state index is 5.69. The predicted molar refractivity (Wildman–Crippen MR) is 117 cm³/mol. The molecule has 2 fully saturated rings. The van der Waals surface area contributed by atoms with Crippen molar-refractivity contribution in [3.8, 4) is 0 Å². The lowest BCUT2D eigenvalue weighted by Crippen LogP contribution is -2.48. The Morgan fingerprint density at radius 2 is 1.89 bits per heavy atom. The number of piperidine rings is 1. The van der Waals surface area contributed by atoms with Gasteiger partial charge in [0, 0.05) is 51.0 Å². The van der Waals surface area contributed by atoms with E-state index in [1.165, 1.54) is 18.4 Å². The molecule has 3 rings (SSSR count). The minimum atomic E-state index is 0.660. The van der Waals surface area contributed by atoms with Gasteiger partial charge >= 0.3 is 0 Å². The zero-order valence-electron chi connectivity index (χ0n) is 16.8. The minimum absolute atomic E-state index is 0.660. The monoisotopic (exact) mass is 390 g/mol. The molecule has 0 spiro atoms. The Kier molecular flexibility index (Phi) is 7.88. The van der Waals surface area contributed by atoms with Crippen molar-refractivity contribution in [3.05, 3.63) is 29.8 Å². The Bertz CT molecular complexity index is 598. The quantitative estimate of drug-likeness (QED) is 0.752. The van der Waals surface area contributed by atoms with Crippen LogP contribution in [0.25, 0.3) is 0 Å². The van der Waals surface area contributed by atoms with Crippen LogP contribution in [-0.2, 0) is 11.2 Å². The van der Waals surface area contributed by atoms with E-state index >= 15 is 0 Å². The number of hydrogen-bond donors (Lipinski definition) is 1. The molecule has 5 nitrogen and oxygen atoms in total. The van der Waals surface area contributed by atoms with Crippen LogP contribution in [0.1, 0.15) is 25.3 Å². The number of rotatable bonds is 6. The van der Waals surface area contributed by atoms with E-state index in [4.69, 9.17) is 17.0 Å². The average Bonchev–Trinajstić information content (AvgIpc) is 2.73. The molecule has 0 atom stereocenters. The van der Waals surface area contributed by atoms with Crippen LogP contribution < -0.4 is 5.32 Å². The molecule has 27 heavy (non-hydrogen) atoms. The van der Waals surface area contributed by atoms with Crippen molar-refractivity contribution in [1.82, 2.24) is 14.7 Å². The molecule has 0 bridgehead atoms. The maximum Gasteiger partial charge on any atom is 0.173 e. The zero-order chi connectivity index (χ0) is 19.1. The van der Waals surface area contributed by atoms with Gasteiger partial charge in [0.1, 0.15) is 0 Å². The molecule has 2 aliphatic heterocycles. The molecule has 0 aliphatic carbocycles. The van der Waals surface area contributed by atoms with Crippen LogP contribution in [0.3, 0.4) is 0 Å². The number of likely N-dealkylation sites (N-methyl/N-ethyl adjacent to an activating group) is 1. The van der Waals surface area contributed by atoms with Crippen molar-refractivity contribution < 1.29 is 4.74 Å². The average molecular weight is 391 g/mol. The number of aryl methyl sites for hydroxylation is 1. The lowest BCUT2D eigenvalue weighted by molar-refractivity contribution is 0.0311. The molecule has 0 amide bonds. The second-order valence-electron chi connectivity index (χ2n) is 7.59. The van der Waals surface area contributed by atoms with Crippen molar-refractivity contribution in [1.29, 1.82) is 0 Å². The van der Waals surface area contributed by atoms with E-state index < -0.39 is 0 Å². The summed E-state index contributed by atoms with van der Waals surface area (Å²) in [4.78, 5) is 7.38. The first-order valence-corrected chi connectivity index (χ1v) is 10.7. The van der Waals surface area contributed by atoms with Crippen molar-refractivity contribution >= 4 is 23.0 Å². The molecule has 0 saturated carbocycles. The summed E-state index contributed by atoms with van der Waals surface area (Å²) in [5, 5.41) is 4.33. The largest absolute Gasteiger partial charge is 0.379 e. The summed E-state index contributed by atoms with van der Waals surface area (Å²) in [5.74, 6) is 0. The molecule has 2 saturated heterocycles. The van der Waals surface area contributed by atoms with Crippen LogP contribution in [0.2, 0.25) is 0 Å². The first-order valence-electron chi connectivity index (χ1n) is 10.3. The Morgan fingerprint density at radius 3 is 2.59 bits per heavy atom. The molecule has 6 heteroatoms. The molecule has 0 unspecified atom stereocenters. The van der Waals surface area contributed by atoms with Crippen LogP contribution in [0.15, 0.2) is 24.3 Å². The van der Waals surface area contributed by atoms with E-state index in [1.54, 1.807) is 0 Å². The Balaban J connectivity index is 1.41. The summed E-state index contributed by atoms with van der Waals surface area (Å²) >= 11 is 5.69. The van der Waals surface area contributed by atoms with Crippen molar-refractivity contribution in [2.75, 3.05) is 64.8 Å². The first-order chi connectivity index (χ1) is 13.2. The highest BCUT2D eigenvalue weighted by Crippen LogP contribution is 2.19. The Hall–Kier alpha value is -1.21. The van der Waals surface area contributed by atoms with Crippen molar-refractivity contribution in [2.24, 2.45) is 0 Å². The lowest BCUT2D eigenvalue weighted by atomic mass is 10.0. The highest BCUT2D eigenvalue weighted by atomic mass is 32.1. The summed E-state index contributed by atoms with van der Waals surface area (Å²) in [6.45, 7) is 10.4. The highest BCUT2D eigenvalue weighted by Gasteiger charge is 2.24. The number of ether oxygens (including phenoxy) is 1. The standard InChI is InChI=1S/C21H34N4OS/c1-3-18-6-4-5-7-20(18)22-21(27)25-10-8-19(9-11-25)23(2)12-13-24-14-16-26-17-15-24/h4-7,19H,3,8-17H2,1-2H3,(H,22,27). The second kappa shape index (κ2) is 10.4. The summed E-state index contributed by atoms with van der Waals surface area (Å²) in [6.07, 6.45) is 3.37. The van der Waals surface area contributed by atoms with E-state index in [9.17, 15) is 0 Å². The van der Waals surface area contributed by atoms with Gasteiger partial charge in [-0.05, 0) is 50.2 Å². The Morgan fingerprint density at radius 1 is 1.19 bits per heavy atom.